The lowest BCUT2D eigenvalue weighted by molar-refractivity contribution is 0.577. The van der Waals surface area contributed by atoms with Crippen molar-refractivity contribution in [1.82, 2.24) is 15.1 Å². The zero-order chi connectivity index (χ0) is 13.1. The third-order valence-corrected chi connectivity index (χ3v) is 2.63. The standard InChI is InChI=1S/C14H18FN3/c1-10(2)16-9-13-4-5-18(17-13)14-7-11(3)6-12(15)8-14/h4-8,10,16H,9H2,1-3H3. The summed E-state index contributed by atoms with van der Waals surface area (Å²) in [6.07, 6.45) is 1.85. The molecule has 0 aliphatic rings. The van der Waals surface area contributed by atoms with Crippen LogP contribution in [-0.4, -0.2) is 15.8 Å². The van der Waals surface area contributed by atoms with Gasteiger partial charge in [0.2, 0.25) is 0 Å². The van der Waals surface area contributed by atoms with Crippen molar-refractivity contribution in [2.75, 3.05) is 0 Å². The average Bonchev–Trinajstić information content (AvgIpc) is 2.73. The Morgan fingerprint density at radius 1 is 1.33 bits per heavy atom. The summed E-state index contributed by atoms with van der Waals surface area (Å²) in [6, 6.07) is 7.27. The van der Waals surface area contributed by atoms with Crippen molar-refractivity contribution < 1.29 is 4.39 Å². The molecule has 1 aromatic carbocycles. The first-order valence-electron chi connectivity index (χ1n) is 6.10. The van der Waals surface area contributed by atoms with E-state index in [1.54, 1.807) is 4.68 Å². The predicted molar refractivity (Wildman–Crippen MR) is 70.2 cm³/mol. The van der Waals surface area contributed by atoms with Crippen molar-refractivity contribution in [2.24, 2.45) is 0 Å². The van der Waals surface area contributed by atoms with Crippen LogP contribution >= 0.6 is 0 Å². The fourth-order valence-electron chi connectivity index (χ4n) is 1.76. The van der Waals surface area contributed by atoms with Crippen LogP contribution in [0.2, 0.25) is 0 Å². The number of aromatic nitrogens is 2. The van der Waals surface area contributed by atoms with E-state index in [1.807, 2.05) is 25.3 Å². The van der Waals surface area contributed by atoms with Gasteiger partial charge >= 0.3 is 0 Å². The van der Waals surface area contributed by atoms with Gasteiger partial charge in [0.15, 0.2) is 0 Å². The molecule has 0 atom stereocenters. The highest BCUT2D eigenvalue weighted by Crippen LogP contribution is 2.12. The largest absolute Gasteiger partial charge is 0.309 e. The number of aryl methyl sites for hydroxylation is 1. The van der Waals surface area contributed by atoms with E-state index in [0.717, 1.165) is 23.5 Å². The molecule has 3 nitrogen and oxygen atoms in total. The minimum Gasteiger partial charge on any atom is -0.309 e. The third-order valence-electron chi connectivity index (χ3n) is 2.63. The molecule has 0 fully saturated rings. The molecule has 1 aromatic heterocycles. The molecule has 0 unspecified atom stereocenters. The molecule has 0 saturated carbocycles. The minimum atomic E-state index is -0.234. The molecule has 0 saturated heterocycles. The zero-order valence-corrected chi connectivity index (χ0v) is 10.9. The first kappa shape index (κ1) is 12.8. The maximum Gasteiger partial charge on any atom is 0.125 e. The van der Waals surface area contributed by atoms with Gasteiger partial charge in [-0.25, -0.2) is 9.07 Å². The topological polar surface area (TPSA) is 29.9 Å². The Balaban J connectivity index is 2.18. The van der Waals surface area contributed by atoms with Crippen molar-refractivity contribution in [3.05, 3.63) is 47.5 Å². The quantitative estimate of drug-likeness (QED) is 0.900. The molecule has 4 heteroatoms. The van der Waals surface area contributed by atoms with Crippen LogP contribution in [0, 0.1) is 12.7 Å². The molecule has 0 spiro atoms. The maximum atomic E-state index is 13.3. The lowest BCUT2D eigenvalue weighted by atomic mass is 10.2. The Kier molecular flexibility index (Phi) is 3.77. The first-order chi connectivity index (χ1) is 8.54. The van der Waals surface area contributed by atoms with Crippen LogP contribution in [0.5, 0.6) is 0 Å². The normalized spacial score (nSPS) is 11.2. The second-order valence-electron chi connectivity index (χ2n) is 4.77. The molecule has 0 bridgehead atoms. The highest BCUT2D eigenvalue weighted by Gasteiger charge is 2.04. The Bertz CT molecular complexity index is 511. The highest BCUT2D eigenvalue weighted by molar-refractivity contribution is 5.35. The second-order valence-corrected chi connectivity index (χ2v) is 4.77. The van der Waals surface area contributed by atoms with Gasteiger partial charge < -0.3 is 5.32 Å². The summed E-state index contributed by atoms with van der Waals surface area (Å²) >= 11 is 0. The van der Waals surface area contributed by atoms with E-state index in [9.17, 15) is 4.39 Å². The van der Waals surface area contributed by atoms with Crippen molar-refractivity contribution in [1.29, 1.82) is 0 Å². The molecular formula is C14H18FN3. The van der Waals surface area contributed by atoms with Gasteiger partial charge in [-0.2, -0.15) is 5.10 Å². The zero-order valence-electron chi connectivity index (χ0n) is 10.9. The van der Waals surface area contributed by atoms with E-state index in [0.29, 0.717) is 6.04 Å². The van der Waals surface area contributed by atoms with Crippen LogP contribution in [-0.2, 0) is 6.54 Å². The molecule has 96 valence electrons. The van der Waals surface area contributed by atoms with Crippen LogP contribution in [0.25, 0.3) is 5.69 Å². The Labute approximate surface area is 107 Å². The fourth-order valence-corrected chi connectivity index (χ4v) is 1.76. The summed E-state index contributed by atoms with van der Waals surface area (Å²) in [7, 11) is 0. The molecule has 0 radical (unpaired) electrons. The van der Waals surface area contributed by atoms with Crippen LogP contribution in [0.15, 0.2) is 30.5 Å². The number of nitrogens with zero attached hydrogens (tertiary/aromatic N) is 2. The van der Waals surface area contributed by atoms with Gasteiger partial charge in [-0.05, 0) is 36.8 Å². The summed E-state index contributed by atoms with van der Waals surface area (Å²) in [5.41, 5.74) is 2.59. The van der Waals surface area contributed by atoms with Gasteiger partial charge in [0.1, 0.15) is 5.82 Å². The van der Waals surface area contributed by atoms with Crippen LogP contribution in [0.3, 0.4) is 0 Å². The molecule has 2 rings (SSSR count). The molecule has 18 heavy (non-hydrogen) atoms. The van der Waals surface area contributed by atoms with E-state index >= 15 is 0 Å². The van der Waals surface area contributed by atoms with Crippen molar-refractivity contribution in [3.8, 4) is 5.69 Å². The van der Waals surface area contributed by atoms with Gasteiger partial charge in [0.05, 0.1) is 11.4 Å². The number of hydrogen-bond donors (Lipinski definition) is 1. The predicted octanol–water partition coefficient (Wildman–Crippen LogP) is 2.82. The molecular weight excluding hydrogens is 229 g/mol. The number of nitrogens with one attached hydrogen (secondary N) is 1. The van der Waals surface area contributed by atoms with Crippen LogP contribution in [0.4, 0.5) is 4.39 Å². The molecule has 0 aliphatic carbocycles. The highest BCUT2D eigenvalue weighted by atomic mass is 19.1. The van der Waals surface area contributed by atoms with Crippen LogP contribution < -0.4 is 5.32 Å². The summed E-state index contributed by atoms with van der Waals surface area (Å²) in [5, 5.41) is 7.72. The SMILES string of the molecule is Cc1cc(F)cc(-n2ccc(CNC(C)C)n2)c1. The van der Waals surface area contributed by atoms with E-state index in [1.165, 1.54) is 12.1 Å². The molecule has 2 aromatic rings. The Hall–Kier alpha value is -1.68. The molecule has 1 N–H and O–H groups in total. The van der Waals surface area contributed by atoms with E-state index < -0.39 is 0 Å². The summed E-state index contributed by atoms with van der Waals surface area (Å²) in [4.78, 5) is 0. The fraction of sp³-hybridized carbons (Fsp3) is 0.357. The van der Waals surface area contributed by atoms with Gasteiger partial charge in [0, 0.05) is 18.8 Å². The van der Waals surface area contributed by atoms with E-state index in [2.05, 4.69) is 24.3 Å². The Morgan fingerprint density at radius 2 is 2.11 bits per heavy atom. The van der Waals surface area contributed by atoms with Gasteiger partial charge in [-0.15, -0.1) is 0 Å². The minimum absolute atomic E-state index is 0.234. The van der Waals surface area contributed by atoms with E-state index in [-0.39, 0.29) is 5.82 Å². The monoisotopic (exact) mass is 247 g/mol. The number of hydrogen-bond acceptors (Lipinski definition) is 2. The average molecular weight is 247 g/mol. The van der Waals surface area contributed by atoms with E-state index in [4.69, 9.17) is 0 Å². The molecule has 1 heterocycles. The third kappa shape index (κ3) is 3.17. The summed E-state index contributed by atoms with van der Waals surface area (Å²) in [5.74, 6) is -0.234. The van der Waals surface area contributed by atoms with Gasteiger partial charge in [-0.3, -0.25) is 0 Å². The molecule has 0 amide bonds. The van der Waals surface area contributed by atoms with Crippen molar-refractivity contribution in [2.45, 2.75) is 33.4 Å². The lowest BCUT2D eigenvalue weighted by Gasteiger charge is -2.06. The van der Waals surface area contributed by atoms with Gasteiger partial charge in [-0.1, -0.05) is 13.8 Å². The maximum absolute atomic E-state index is 13.3. The summed E-state index contributed by atoms with van der Waals surface area (Å²) < 4.78 is 15.0. The Morgan fingerprint density at radius 3 is 2.78 bits per heavy atom. The van der Waals surface area contributed by atoms with Crippen LogP contribution in [0.1, 0.15) is 25.1 Å². The molecule has 0 aliphatic heterocycles. The number of rotatable bonds is 4. The van der Waals surface area contributed by atoms with Gasteiger partial charge in [0.25, 0.3) is 0 Å². The number of benzene rings is 1. The first-order valence-corrected chi connectivity index (χ1v) is 6.10. The lowest BCUT2D eigenvalue weighted by Crippen LogP contribution is -2.22. The van der Waals surface area contributed by atoms with Crippen molar-refractivity contribution in [3.63, 3.8) is 0 Å². The summed E-state index contributed by atoms with van der Waals surface area (Å²) in [6.45, 7) is 6.77. The van der Waals surface area contributed by atoms with Crippen molar-refractivity contribution >= 4 is 0 Å². The smallest absolute Gasteiger partial charge is 0.125 e. The number of halogens is 1. The second kappa shape index (κ2) is 5.31.